The molecule has 0 amide bonds. The number of nitrogens with zero attached hydrogens (tertiary/aromatic N) is 2. The summed E-state index contributed by atoms with van der Waals surface area (Å²) >= 11 is 0. The Kier molecular flexibility index (Phi) is 5.63. The van der Waals surface area contributed by atoms with Gasteiger partial charge in [0.1, 0.15) is 0 Å². The van der Waals surface area contributed by atoms with Gasteiger partial charge in [-0.25, -0.2) is 4.98 Å². The number of aryl methyl sites for hydroxylation is 3. The quantitative estimate of drug-likeness (QED) is 0.286. The molecule has 0 spiro atoms. The van der Waals surface area contributed by atoms with Gasteiger partial charge in [0.05, 0.1) is 6.33 Å². The molecule has 0 unspecified atom stereocenters. The Hall–Kier alpha value is -2.41. The van der Waals surface area contributed by atoms with Gasteiger partial charge in [0.25, 0.3) is 0 Å². The third kappa shape index (κ3) is 8.52. The van der Waals surface area contributed by atoms with Crippen molar-refractivity contribution in [2.75, 3.05) is 0 Å². The third-order valence-corrected chi connectivity index (χ3v) is 3.75. The number of rotatable bonds is 4. The van der Waals surface area contributed by atoms with E-state index in [0.29, 0.717) is 0 Å². The normalized spacial score (nSPS) is 13.9. The number of H-pyrrole nitrogens is 1. The van der Waals surface area contributed by atoms with Crippen LogP contribution < -0.4 is 4.57 Å². The predicted octanol–water partition coefficient (Wildman–Crippen LogP) is 6.61. The zero-order valence-corrected chi connectivity index (χ0v) is 16.1. The summed E-state index contributed by atoms with van der Waals surface area (Å²) in [4.78, 5) is 7.26. The minimum absolute atomic E-state index is 0.943. The summed E-state index contributed by atoms with van der Waals surface area (Å²) in [5.41, 5.74) is 6.28. The van der Waals surface area contributed by atoms with Crippen molar-refractivity contribution < 1.29 is 29.7 Å². The van der Waals surface area contributed by atoms with Crippen LogP contribution >= 0.6 is 7.81 Å². The van der Waals surface area contributed by atoms with Crippen LogP contribution in [0.2, 0.25) is 0 Å². The van der Waals surface area contributed by atoms with Crippen LogP contribution in [0.3, 0.4) is 0 Å². The first kappa shape index (κ1) is 21.9. The molecule has 2 aromatic heterocycles. The van der Waals surface area contributed by atoms with E-state index >= 15 is 0 Å². The number of hydrogen-bond acceptors (Lipinski definition) is 1. The molecular formula is C18H20F6N3P. The number of imidazole rings is 1. The Labute approximate surface area is 158 Å². The van der Waals surface area contributed by atoms with E-state index < -0.39 is 7.81 Å². The summed E-state index contributed by atoms with van der Waals surface area (Å²) in [7, 11) is -10.7. The fourth-order valence-electron chi connectivity index (χ4n) is 2.73. The standard InChI is InChI=1S/C18H20N3.F6P/c1-14-10-15(2)21(9-8-17-12-19-13-20-17)18(11-14)16-6-4-3-5-7-16;1-7(2,3,4,5)6/h3-7,10-13H,8-9H2,1-2H3,(H,19,20);/q+1;-1. The first-order valence-electron chi connectivity index (χ1n) is 8.29. The van der Waals surface area contributed by atoms with Gasteiger partial charge in [-0.15, -0.1) is 0 Å². The van der Waals surface area contributed by atoms with E-state index in [1.807, 2.05) is 6.20 Å². The van der Waals surface area contributed by atoms with Crippen LogP contribution in [0.25, 0.3) is 11.3 Å². The van der Waals surface area contributed by atoms with Gasteiger partial charge in [-0.1, -0.05) is 18.2 Å². The Morgan fingerprint density at radius 2 is 1.57 bits per heavy atom. The molecule has 1 aromatic carbocycles. The van der Waals surface area contributed by atoms with Crippen molar-refractivity contribution >= 4 is 7.81 Å². The average molecular weight is 423 g/mol. The Bertz CT molecular complexity index is 912. The van der Waals surface area contributed by atoms with Gasteiger partial charge in [0.15, 0.2) is 12.2 Å². The maximum absolute atomic E-state index is 10.7. The molecule has 0 aliphatic heterocycles. The summed E-state index contributed by atoms with van der Waals surface area (Å²) < 4.78 is 61.6. The van der Waals surface area contributed by atoms with Crippen LogP contribution in [-0.4, -0.2) is 9.97 Å². The second-order valence-corrected chi connectivity index (χ2v) is 8.28. The molecule has 0 aliphatic carbocycles. The molecule has 0 atom stereocenters. The van der Waals surface area contributed by atoms with E-state index in [1.165, 1.54) is 28.2 Å². The SMILES string of the molecule is Cc1cc(C)[n+](CCc2cnc[nH]2)c(-c2ccccc2)c1.F[P-](F)(F)(F)(F)F. The Morgan fingerprint density at radius 1 is 0.964 bits per heavy atom. The number of hydrogen-bond donors (Lipinski definition) is 1. The summed E-state index contributed by atoms with van der Waals surface area (Å²) in [5.74, 6) is 0. The van der Waals surface area contributed by atoms with Crippen molar-refractivity contribution in [3.8, 4) is 11.3 Å². The summed E-state index contributed by atoms with van der Waals surface area (Å²) in [6, 6.07) is 15.1. The molecule has 28 heavy (non-hydrogen) atoms. The van der Waals surface area contributed by atoms with Gasteiger partial charge >= 0.3 is 33.0 Å². The van der Waals surface area contributed by atoms with Crippen LogP contribution in [-0.2, 0) is 13.0 Å². The number of benzene rings is 1. The number of halogens is 6. The Balaban J connectivity index is 0.000000345. The maximum atomic E-state index is 9.87. The van der Waals surface area contributed by atoms with Crippen LogP contribution in [0.1, 0.15) is 17.0 Å². The van der Waals surface area contributed by atoms with Gasteiger partial charge in [-0.3, -0.25) is 0 Å². The van der Waals surface area contributed by atoms with Crippen molar-refractivity contribution in [3.05, 3.63) is 71.9 Å². The molecule has 0 radical (unpaired) electrons. The van der Waals surface area contributed by atoms with Gasteiger partial charge in [0, 0.05) is 42.9 Å². The molecule has 3 nitrogen and oxygen atoms in total. The fourth-order valence-corrected chi connectivity index (χ4v) is 2.73. The molecule has 3 rings (SSSR count). The van der Waals surface area contributed by atoms with Crippen LogP contribution in [0.15, 0.2) is 55.0 Å². The van der Waals surface area contributed by atoms with E-state index in [2.05, 4.69) is 70.8 Å². The summed E-state index contributed by atoms with van der Waals surface area (Å²) in [6.45, 7) is 5.27. The second kappa shape index (κ2) is 7.20. The fraction of sp³-hybridized carbons (Fsp3) is 0.222. The van der Waals surface area contributed by atoms with Crippen molar-refractivity contribution in [1.29, 1.82) is 0 Å². The molecule has 0 saturated heterocycles. The van der Waals surface area contributed by atoms with E-state index in [-0.39, 0.29) is 0 Å². The van der Waals surface area contributed by atoms with E-state index in [0.717, 1.165) is 13.0 Å². The molecular weight excluding hydrogens is 403 g/mol. The molecule has 154 valence electrons. The topological polar surface area (TPSA) is 32.6 Å². The molecule has 3 aromatic rings. The van der Waals surface area contributed by atoms with Crippen LogP contribution in [0.4, 0.5) is 25.2 Å². The number of aromatic nitrogens is 3. The van der Waals surface area contributed by atoms with Crippen molar-refractivity contribution in [3.63, 3.8) is 0 Å². The van der Waals surface area contributed by atoms with Crippen LogP contribution in [0.5, 0.6) is 0 Å². The molecule has 10 heteroatoms. The number of pyridine rings is 1. The number of nitrogens with one attached hydrogen (secondary N) is 1. The van der Waals surface area contributed by atoms with Crippen molar-refractivity contribution in [2.24, 2.45) is 0 Å². The molecule has 1 N–H and O–H groups in total. The zero-order chi connectivity index (χ0) is 21.1. The van der Waals surface area contributed by atoms with E-state index in [4.69, 9.17) is 0 Å². The van der Waals surface area contributed by atoms with E-state index in [1.54, 1.807) is 6.33 Å². The zero-order valence-electron chi connectivity index (χ0n) is 15.2. The number of aromatic amines is 1. The first-order valence-corrected chi connectivity index (χ1v) is 10.3. The van der Waals surface area contributed by atoms with Gasteiger partial charge in [-0.2, -0.15) is 4.57 Å². The third-order valence-electron chi connectivity index (χ3n) is 3.75. The molecule has 0 fully saturated rings. The van der Waals surface area contributed by atoms with Gasteiger partial charge in [0.2, 0.25) is 5.69 Å². The molecule has 2 heterocycles. The van der Waals surface area contributed by atoms with Crippen LogP contribution in [0, 0.1) is 13.8 Å². The van der Waals surface area contributed by atoms with Crippen molar-refractivity contribution in [1.82, 2.24) is 9.97 Å². The summed E-state index contributed by atoms with van der Waals surface area (Å²) in [5, 5.41) is 0. The molecule has 0 bridgehead atoms. The van der Waals surface area contributed by atoms with Gasteiger partial charge < -0.3 is 4.98 Å². The van der Waals surface area contributed by atoms with Crippen molar-refractivity contribution in [2.45, 2.75) is 26.8 Å². The minimum atomic E-state index is -10.7. The second-order valence-electron chi connectivity index (χ2n) is 6.36. The first-order chi connectivity index (χ1) is 12.7. The monoisotopic (exact) mass is 423 g/mol. The van der Waals surface area contributed by atoms with Gasteiger partial charge in [-0.05, 0) is 24.6 Å². The molecule has 0 saturated carbocycles. The summed E-state index contributed by atoms with van der Waals surface area (Å²) in [6.07, 6.45) is 4.58. The van der Waals surface area contributed by atoms with E-state index in [9.17, 15) is 25.2 Å². The average Bonchev–Trinajstić information content (AvgIpc) is 3.04. The Morgan fingerprint density at radius 3 is 2.11 bits per heavy atom. The molecule has 0 aliphatic rings. The predicted molar refractivity (Wildman–Crippen MR) is 97.4 cm³/mol.